The highest BCUT2D eigenvalue weighted by Crippen LogP contribution is 2.37. The van der Waals surface area contributed by atoms with E-state index in [9.17, 15) is 8.78 Å². The Hall–Kier alpha value is -0.960. The summed E-state index contributed by atoms with van der Waals surface area (Å²) in [6, 6.07) is 4.38. The molecule has 3 heteroatoms. The number of hydrogen-bond donors (Lipinski definition) is 1. The normalized spacial score (nSPS) is 26.0. The van der Waals surface area contributed by atoms with Gasteiger partial charge in [-0.25, -0.2) is 8.78 Å². The maximum absolute atomic E-state index is 13.9. The second-order valence-corrected chi connectivity index (χ2v) is 5.43. The Bertz CT molecular complexity index is 397. The van der Waals surface area contributed by atoms with Crippen LogP contribution in [-0.2, 0) is 0 Å². The zero-order valence-electron chi connectivity index (χ0n) is 11.0. The fourth-order valence-electron chi connectivity index (χ4n) is 3.03. The smallest absolute Gasteiger partial charge is 0.163 e. The van der Waals surface area contributed by atoms with Crippen molar-refractivity contribution >= 4 is 0 Å². The Labute approximate surface area is 108 Å². The van der Waals surface area contributed by atoms with E-state index in [1.807, 2.05) is 7.05 Å². The highest BCUT2D eigenvalue weighted by atomic mass is 19.2. The molecule has 1 fully saturated rings. The monoisotopic (exact) mass is 253 g/mol. The maximum Gasteiger partial charge on any atom is 0.163 e. The van der Waals surface area contributed by atoms with Crippen LogP contribution in [0.25, 0.3) is 0 Å². The summed E-state index contributed by atoms with van der Waals surface area (Å²) in [6.07, 6.45) is 4.53. The first kappa shape index (κ1) is 13.5. The van der Waals surface area contributed by atoms with Gasteiger partial charge in [0.05, 0.1) is 0 Å². The average Bonchev–Trinajstić information content (AvgIpc) is 2.37. The Balaban J connectivity index is 2.20. The van der Waals surface area contributed by atoms with E-state index in [4.69, 9.17) is 0 Å². The summed E-state index contributed by atoms with van der Waals surface area (Å²) in [5.74, 6) is -0.286. The molecule has 1 aromatic rings. The fourth-order valence-corrected chi connectivity index (χ4v) is 3.03. The van der Waals surface area contributed by atoms with Crippen LogP contribution in [0.1, 0.15) is 44.2 Å². The van der Waals surface area contributed by atoms with Crippen molar-refractivity contribution in [3.8, 4) is 0 Å². The standard InChI is InChI=1S/C15H21F2N/c1-10-6-8-11(9-7-10)15(18-2)12-4-3-5-13(16)14(12)17/h3-5,10-11,15,18H,6-9H2,1-2H3. The van der Waals surface area contributed by atoms with Crippen molar-refractivity contribution in [3.05, 3.63) is 35.4 Å². The van der Waals surface area contributed by atoms with Crippen molar-refractivity contribution < 1.29 is 8.78 Å². The number of nitrogens with one attached hydrogen (secondary N) is 1. The van der Waals surface area contributed by atoms with E-state index in [0.717, 1.165) is 18.8 Å². The Morgan fingerprint density at radius 3 is 2.44 bits per heavy atom. The summed E-state index contributed by atoms with van der Waals surface area (Å²) in [5, 5.41) is 3.16. The number of hydrogen-bond acceptors (Lipinski definition) is 1. The number of halogens is 2. The first-order valence-corrected chi connectivity index (χ1v) is 6.74. The molecule has 100 valence electrons. The molecule has 1 N–H and O–H groups in total. The van der Waals surface area contributed by atoms with Gasteiger partial charge < -0.3 is 5.32 Å². The molecule has 0 aliphatic heterocycles. The van der Waals surface area contributed by atoms with Crippen LogP contribution < -0.4 is 5.32 Å². The van der Waals surface area contributed by atoms with Crippen molar-refractivity contribution in [2.24, 2.45) is 11.8 Å². The lowest BCUT2D eigenvalue weighted by atomic mass is 9.77. The molecule has 0 amide bonds. The summed E-state index contributed by atoms with van der Waals surface area (Å²) in [6.45, 7) is 2.26. The van der Waals surface area contributed by atoms with Crippen LogP contribution in [0.3, 0.4) is 0 Å². The Kier molecular flexibility index (Phi) is 4.33. The van der Waals surface area contributed by atoms with Gasteiger partial charge in [-0.2, -0.15) is 0 Å². The zero-order chi connectivity index (χ0) is 13.1. The first-order chi connectivity index (χ1) is 8.63. The summed E-state index contributed by atoms with van der Waals surface area (Å²) < 4.78 is 27.2. The molecular weight excluding hydrogens is 232 g/mol. The van der Waals surface area contributed by atoms with E-state index in [1.165, 1.54) is 18.9 Å². The first-order valence-electron chi connectivity index (χ1n) is 6.74. The average molecular weight is 253 g/mol. The molecule has 0 spiro atoms. The van der Waals surface area contributed by atoms with Crippen LogP contribution in [0.5, 0.6) is 0 Å². The van der Waals surface area contributed by atoms with Gasteiger partial charge in [0.2, 0.25) is 0 Å². The van der Waals surface area contributed by atoms with Gasteiger partial charge in [-0.15, -0.1) is 0 Å². The van der Waals surface area contributed by atoms with Crippen molar-refractivity contribution in [1.29, 1.82) is 0 Å². The fraction of sp³-hybridized carbons (Fsp3) is 0.600. The predicted octanol–water partition coefficient (Wildman–Crippen LogP) is 4.05. The number of benzene rings is 1. The molecule has 1 unspecified atom stereocenters. The molecule has 1 atom stereocenters. The molecule has 1 saturated carbocycles. The molecule has 1 aromatic carbocycles. The second-order valence-electron chi connectivity index (χ2n) is 5.43. The minimum absolute atomic E-state index is 0.0757. The van der Waals surface area contributed by atoms with E-state index in [1.54, 1.807) is 12.1 Å². The highest BCUT2D eigenvalue weighted by Gasteiger charge is 2.28. The zero-order valence-corrected chi connectivity index (χ0v) is 11.0. The highest BCUT2D eigenvalue weighted by molar-refractivity contribution is 5.23. The molecule has 18 heavy (non-hydrogen) atoms. The largest absolute Gasteiger partial charge is 0.313 e. The lowest BCUT2D eigenvalue weighted by molar-refractivity contribution is 0.234. The molecule has 0 saturated heterocycles. The van der Waals surface area contributed by atoms with Crippen LogP contribution in [0.15, 0.2) is 18.2 Å². The van der Waals surface area contributed by atoms with Crippen LogP contribution in [0.4, 0.5) is 8.78 Å². The third-order valence-electron chi connectivity index (χ3n) is 4.16. The molecule has 0 aromatic heterocycles. The van der Waals surface area contributed by atoms with Crippen LogP contribution >= 0.6 is 0 Å². The molecule has 1 nitrogen and oxygen atoms in total. The molecule has 2 rings (SSSR count). The van der Waals surface area contributed by atoms with Crippen molar-refractivity contribution in [3.63, 3.8) is 0 Å². The van der Waals surface area contributed by atoms with Gasteiger partial charge >= 0.3 is 0 Å². The van der Waals surface area contributed by atoms with Crippen molar-refractivity contribution in [1.82, 2.24) is 5.32 Å². The molecule has 0 radical (unpaired) electrons. The van der Waals surface area contributed by atoms with Gasteiger partial charge in [-0.3, -0.25) is 0 Å². The van der Waals surface area contributed by atoms with E-state index in [-0.39, 0.29) is 6.04 Å². The Morgan fingerprint density at radius 1 is 1.17 bits per heavy atom. The van der Waals surface area contributed by atoms with E-state index in [2.05, 4.69) is 12.2 Å². The van der Waals surface area contributed by atoms with E-state index >= 15 is 0 Å². The number of rotatable bonds is 3. The summed E-state index contributed by atoms with van der Waals surface area (Å²) in [5.41, 5.74) is 0.469. The van der Waals surface area contributed by atoms with Gasteiger partial charge in [0.25, 0.3) is 0 Å². The second kappa shape index (κ2) is 5.79. The minimum Gasteiger partial charge on any atom is -0.313 e. The maximum atomic E-state index is 13.9. The van der Waals surface area contributed by atoms with Gasteiger partial charge in [0.1, 0.15) is 0 Å². The molecule has 1 aliphatic carbocycles. The van der Waals surface area contributed by atoms with Gasteiger partial charge in [-0.05, 0) is 37.8 Å². The molecule has 0 heterocycles. The quantitative estimate of drug-likeness (QED) is 0.857. The van der Waals surface area contributed by atoms with Crippen LogP contribution in [0.2, 0.25) is 0 Å². The van der Waals surface area contributed by atoms with Crippen molar-refractivity contribution in [2.45, 2.75) is 38.6 Å². The third kappa shape index (κ3) is 2.72. The molecular formula is C15H21F2N. The van der Waals surface area contributed by atoms with Crippen molar-refractivity contribution in [2.75, 3.05) is 7.05 Å². The lowest BCUT2D eigenvalue weighted by Gasteiger charge is -2.33. The topological polar surface area (TPSA) is 12.0 Å². The van der Waals surface area contributed by atoms with E-state index in [0.29, 0.717) is 11.5 Å². The minimum atomic E-state index is -0.753. The van der Waals surface area contributed by atoms with Crippen LogP contribution in [0, 0.1) is 23.5 Å². The predicted molar refractivity (Wildman–Crippen MR) is 69.3 cm³/mol. The van der Waals surface area contributed by atoms with Gasteiger partial charge in [0.15, 0.2) is 11.6 Å². The van der Waals surface area contributed by atoms with E-state index < -0.39 is 11.6 Å². The summed E-state index contributed by atoms with van der Waals surface area (Å²) in [4.78, 5) is 0. The third-order valence-corrected chi connectivity index (χ3v) is 4.16. The summed E-state index contributed by atoms with van der Waals surface area (Å²) >= 11 is 0. The lowest BCUT2D eigenvalue weighted by Crippen LogP contribution is -2.29. The summed E-state index contributed by atoms with van der Waals surface area (Å²) in [7, 11) is 1.83. The van der Waals surface area contributed by atoms with Crippen LogP contribution in [-0.4, -0.2) is 7.05 Å². The van der Waals surface area contributed by atoms with Gasteiger partial charge in [-0.1, -0.05) is 31.9 Å². The molecule has 1 aliphatic rings. The van der Waals surface area contributed by atoms with Gasteiger partial charge in [0, 0.05) is 11.6 Å². The Morgan fingerprint density at radius 2 is 1.83 bits per heavy atom. The molecule has 0 bridgehead atoms. The SMILES string of the molecule is CNC(c1cccc(F)c1F)C1CCC(C)CC1.